The van der Waals surface area contributed by atoms with Gasteiger partial charge in [-0.15, -0.1) is 0 Å². The zero-order valence-electron chi connectivity index (χ0n) is 10.6. The number of hydrogen-bond acceptors (Lipinski definition) is 3. The Balaban J connectivity index is 2.41. The van der Waals surface area contributed by atoms with Crippen LogP contribution in [0.25, 0.3) is 0 Å². The highest BCUT2D eigenvalue weighted by Crippen LogP contribution is 2.17. The molecule has 3 nitrogen and oxygen atoms in total. The summed E-state index contributed by atoms with van der Waals surface area (Å²) in [5, 5.41) is 10.0. The van der Waals surface area contributed by atoms with Gasteiger partial charge in [0.1, 0.15) is 0 Å². The summed E-state index contributed by atoms with van der Waals surface area (Å²) < 4.78 is 0. The molecule has 3 unspecified atom stereocenters. The second kappa shape index (κ2) is 5.83. The number of nitrogens with zero attached hydrogens (tertiary/aromatic N) is 2. The first kappa shape index (κ1) is 12.9. The van der Waals surface area contributed by atoms with Gasteiger partial charge < -0.3 is 14.9 Å². The lowest BCUT2D eigenvalue weighted by atomic mass is 9.94. The molecule has 1 aliphatic heterocycles. The van der Waals surface area contributed by atoms with Crippen LogP contribution in [0, 0.1) is 5.92 Å². The molecule has 0 aliphatic carbocycles. The van der Waals surface area contributed by atoms with Crippen LogP contribution in [0.2, 0.25) is 0 Å². The standard InChI is InChI=1S/C12H26N2O/c1-5-10(2)12(15)8-11-9-13(3)6-7-14(11)4/h10-12,15H,5-9H2,1-4H3. The highest BCUT2D eigenvalue weighted by molar-refractivity contribution is 4.81. The minimum absolute atomic E-state index is 0.144. The van der Waals surface area contributed by atoms with E-state index in [1.165, 1.54) is 0 Å². The fraction of sp³-hybridized carbons (Fsp3) is 1.00. The van der Waals surface area contributed by atoms with Gasteiger partial charge in [0, 0.05) is 25.7 Å². The highest BCUT2D eigenvalue weighted by atomic mass is 16.3. The zero-order valence-corrected chi connectivity index (χ0v) is 10.6. The summed E-state index contributed by atoms with van der Waals surface area (Å²) in [6.45, 7) is 7.63. The molecule has 90 valence electrons. The summed E-state index contributed by atoms with van der Waals surface area (Å²) in [6, 6.07) is 0.521. The van der Waals surface area contributed by atoms with E-state index in [0.717, 1.165) is 32.5 Å². The lowest BCUT2D eigenvalue weighted by Gasteiger charge is -2.39. The average Bonchev–Trinajstić information content (AvgIpc) is 2.22. The van der Waals surface area contributed by atoms with Crippen molar-refractivity contribution in [2.75, 3.05) is 33.7 Å². The minimum Gasteiger partial charge on any atom is -0.393 e. The van der Waals surface area contributed by atoms with Gasteiger partial charge >= 0.3 is 0 Å². The van der Waals surface area contributed by atoms with Crippen molar-refractivity contribution in [1.82, 2.24) is 9.80 Å². The topological polar surface area (TPSA) is 26.7 Å². The molecule has 1 aliphatic rings. The molecule has 1 heterocycles. The van der Waals surface area contributed by atoms with E-state index in [2.05, 4.69) is 37.7 Å². The molecule has 0 spiro atoms. The van der Waals surface area contributed by atoms with Crippen molar-refractivity contribution in [2.45, 2.75) is 38.8 Å². The van der Waals surface area contributed by atoms with Gasteiger partial charge in [-0.25, -0.2) is 0 Å². The molecule has 1 fully saturated rings. The van der Waals surface area contributed by atoms with Gasteiger partial charge in [0.2, 0.25) is 0 Å². The number of likely N-dealkylation sites (N-methyl/N-ethyl adjacent to an activating group) is 2. The van der Waals surface area contributed by atoms with Crippen molar-refractivity contribution in [1.29, 1.82) is 0 Å². The summed E-state index contributed by atoms with van der Waals surface area (Å²) in [7, 11) is 4.33. The van der Waals surface area contributed by atoms with E-state index in [-0.39, 0.29) is 6.10 Å². The van der Waals surface area contributed by atoms with Crippen molar-refractivity contribution in [3.8, 4) is 0 Å². The maximum atomic E-state index is 10.0. The largest absolute Gasteiger partial charge is 0.393 e. The molecule has 0 amide bonds. The minimum atomic E-state index is -0.144. The Morgan fingerprint density at radius 3 is 2.60 bits per heavy atom. The smallest absolute Gasteiger partial charge is 0.0581 e. The van der Waals surface area contributed by atoms with Crippen LogP contribution in [0.3, 0.4) is 0 Å². The van der Waals surface area contributed by atoms with E-state index in [1.54, 1.807) is 0 Å². The second-order valence-electron chi connectivity index (χ2n) is 5.09. The van der Waals surface area contributed by atoms with Crippen LogP contribution in [-0.2, 0) is 0 Å². The van der Waals surface area contributed by atoms with Crippen molar-refractivity contribution in [3.63, 3.8) is 0 Å². The quantitative estimate of drug-likeness (QED) is 0.757. The van der Waals surface area contributed by atoms with Crippen molar-refractivity contribution in [2.24, 2.45) is 5.92 Å². The van der Waals surface area contributed by atoms with Gasteiger partial charge in [-0.1, -0.05) is 20.3 Å². The van der Waals surface area contributed by atoms with Crippen LogP contribution in [0.1, 0.15) is 26.7 Å². The van der Waals surface area contributed by atoms with Gasteiger partial charge in [-0.05, 0) is 26.4 Å². The molecule has 15 heavy (non-hydrogen) atoms. The van der Waals surface area contributed by atoms with Crippen LogP contribution < -0.4 is 0 Å². The third kappa shape index (κ3) is 3.74. The summed E-state index contributed by atoms with van der Waals surface area (Å²) in [6.07, 6.45) is 1.83. The third-order valence-corrected chi connectivity index (χ3v) is 3.79. The number of hydrogen-bond donors (Lipinski definition) is 1. The Bertz CT molecular complexity index is 186. The Morgan fingerprint density at radius 1 is 1.33 bits per heavy atom. The van der Waals surface area contributed by atoms with E-state index < -0.39 is 0 Å². The first-order chi connectivity index (χ1) is 7.04. The molecule has 0 bridgehead atoms. The summed E-state index contributed by atoms with van der Waals surface area (Å²) in [5.74, 6) is 0.422. The zero-order chi connectivity index (χ0) is 11.4. The molecule has 0 aromatic carbocycles. The molecular formula is C12H26N2O. The van der Waals surface area contributed by atoms with Crippen LogP contribution in [-0.4, -0.2) is 60.8 Å². The van der Waals surface area contributed by atoms with E-state index in [1.807, 2.05) is 0 Å². The molecule has 1 N–H and O–H groups in total. The number of aliphatic hydroxyl groups excluding tert-OH is 1. The lowest BCUT2D eigenvalue weighted by Crippen LogP contribution is -2.51. The van der Waals surface area contributed by atoms with Gasteiger partial charge in [0.05, 0.1) is 6.10 Å². The molecule has 1 saturated heterocycles. The summed E-state index contributed by atoms with van der Waals surface area (Å²) >= 11 is 0. The van der Waals surface area contributed by atoms with Crippen LogP contribution in [0.15, 0.2) is 0 Å². The molecule has 1 rings (SSSR count). The van der Waals surface area contributed by atoms with Gasteiger partial charge in [0.25, 0.3) is 0 Å². The van der Waals surface area contributed by atoms with Crippen LogP contribution in [0.4, 0.5) is 0 Å². The predicted octanol–water partition coefficient (Wildman–Crippen LogP) is 1.03. The normalized spacial score (nSPS) is 29.0. The van der Waals surface area contributed by atoms with Gasteiger partial charge in [-0.3, -0.25) is 0 Å². The van der Waals surface area contributed by atoms with Gasteiger partial charge in [-0.2, -0.15) is 0 Å². The Kier molecular flexibility index (Phi) is 5.03. The molecule has 0 aromatic heterocycles. The SMILES string of the molecule is CCC(C)C(O)CC1CN(C)CCN1C. The van der Waals surface area contributed by atoms with E-state index in [0.29, 0.717) is 12.0 Å². The van der Waals surface area contributed by atoms with Crippen LogP contribution >= 0.6 is 0 Å². The number of rotatable bonds is 4. The molecule has 3 atom stereocenters. The lowest BCUT2D eigenvalue weighted by molar-refractivity contribution is 0.0399. The maximum absolute atomic E-state index is 10.0. The third-order valence-electron chi connectivity index (χ3n) is 3.79. The maximum Gasteiger partial charge on any atom is 0.0581 e. The van der Waals surface area contributed by atoms with Crippen molar-refractivity contribution < 1.29 is 5.11 Å². The monoisotopic (exact) mass is 214 g/mol. The number of piperazine rings is 1. The highest BCUT2D eigenvalue weighted by Gasteiger charge is 2.26. The molecule has 0 radical (unpaired) electrons. The first-order valence-corrected chi connectivity index (χ1v) is 6.11. The van der Waals surface area contributed by atoms with Crippen LogP contribution in [0.5, 0.6) is 0 Å². The fourth-order valence-corrected chi connectivity index (χ4v) is 2.14. The predicted molar refractivity (Wildman–Crippen MR) is 64.0 cm³/mol. The molecule has 0 saturated carbocycles. The summed E-state index contributed by atoms with van der Waals surface area (Å²) in [5.41, 5.74) is 0. The second-order valence-corrected chi connectivity index (χ2v) is 5.09. The van der Waals surface area contributed by atoms with Gasteiger partial charge in [0.15, 0.2) is 0 Å². The van der Waals surface area contributed by atoms with Crippen molar-refractivity contribution in [3.05, 3.63) is 0 Å². The molecular weight excluding hydrogens is 188 g/mol. The molecule has 0 aromatic rings. The Morgan fingerprint density at radius 2 is 2.00 bits per heavy atom. The summed E-state index contributed by atoms with van der Waals surface area (Å²) in [4.78, 5) is 4.74. The van der Waals surface area contributed by atoms with E-state index >= 15 is 0 Å². The van der Waals surface area contributed by atoms with Crippen molar-refractivity contribution >= 4 is 0 Å². The van der Waals surface area contributed by atoms with E-state index in [4.69, 9.17) is 0 Å². The average molecular weight is 214 g/mol. The first-order valence-electron chi connectivity index (χ1n) is 6.11. The Labute approximate surface area is 94.1 Å². The Hall–Kier alpha value is -0.120. The molecule has 3 heteroatoms. The van der Waals surface area contributed by atoms with E-state index in [9.17, 15) is 5.11 Å². The number of aliphatic hydroxyl groups is 1. The fourth-order valence-electron chi connectivity index (χ4n) is 2.14.